The van der Waals surface area contributed by atoms with Crippen LogP contribution in [0.4, 0.5) is 0 Å². The van der Waals surface area contributed by atoms with Gasteiger partial charge in [0.25, 0.3) is 0 Å². The molecule has 0 saturated heterocycles. The molecular weight excluding hydrogens is 360 g/mol. The van der Waals surface area contributed by atoms with Crippen LogP contribution < -0.4 is 4.74 Å². The number of halogens is 1. The third kappa shape index (κ3) is 12.0. The van der Waals surface area contributed by atoms with E-state index in [9.17, 15) is 9.90 Å². The second-order valence-corrected chi connectivity index (χ2v) is 7.38. The highest BCUT2D eigenvalue weighted by molar-refractivity contribution is 5.90. The number of ether oxygens (including phenoxy) is 1. The molecule has 1 aromatic carbocycles. The Bertz CT molecular complexity index is 490. The molecule has 1 unspecified atom stereocenters. The lowest BCUT2D eigenvalue weighted by atomic mass is 9.95. The first kappa shape index (κ1) is 25.8. The van der Waals surface area contributed by atoms with Crippen molar-refractivity contribution in [3.05, 3.63) is 29.8 Å². The number of hydrogen-bond acceptors (Lipinski definition) is 2. The molecule has 1 atom stereocenters. The molecule has 1 aromatic rings. The van der Waals surface area contributed by atoms with Gasteiger partial charge in [-0.25, -0.2) is 4.79 Å². The molecule has 4 heteroatoms. The first-order valence-corrected chi connectivity index (χ1v) is 10.6. The number of aromatic carboxylic acids is 1. The molecule has 0 fully saturated rings. The normalized spacial score (nSPS) is 11.6. The fraction of sp³-hybridized carbons (Fsp3) is 0.696. The largest absolute Gasteiger partial charge is 0.492 e. The minimum atomic E-state index is -0.920. The number of para-hydroxylation sites is 1. The molecule has 3 nitrogen and oxygen atoms in total. The van der Waals surface area contributed by atoms with Crippen LogP contribution >= 0.6 is 12.4 Å². The Kier molecular flexibility index (Phi) is 16.2. The molecule has 0 aliphatic rings. The highest BCUT2D eigenvalue weighted by atomic mass is 35.5. The topological polar surface area (TPSA) is 46.5 Å². The molecule has 0 aromatic heterocycles. The van der Waals surface area contributed by atoms with Gasteiger partial charge < -0.3 is 9.84 Å². The van der Waals surface area contributed by atoms with Gasteiger partial charge in [0, 0.05) is 0 Å². The fourth-order valence-electron chi connectivity index (χ4n) is 3.36. The summed E-state index contributed by atoms with van der Waals surface area (Å²) in [4.78, 5) is 11.3. The Morgan fingerprint density at radius 2 is 1.41 bits per heavy atom. The van der Waals surface area contributed by atoms with Crippen LogP contribution in [0.5, 0.6) is 5.75 Å². The van der Waals surface area contributed by atoms with E-state index in [1.807, 2.05) is 6.07 Å². The van der Waals surface area contributed by atoms with Crippen molar-refractivity contribution >= 4 is 18.4 Å². The summed E-state index contributed by atoms with van der Waals surface area (Å²) >= 11 is 0. The molecule has 0 heterocycles. The molecule has 0 aliphatic heterocycles. The lowest BCUT2D eigenvalue weighted by molar-refractivity contribution is 0.0691. The summed E-state index contributed by atoms with van der Waals surface area (Å²) < 4.78 is 5.93. The van der Waals surface area contributed by atoms with Gasteiger partial charge in [-0.1, -0.05) is 90.2 Å². The fourth-order valence-corrected chi connectivity index (χ4v) is 3.36. The van der Waals surface area contributed by atoms with Crippen molar-refractivity contribution in [1.82, 2.24) is 0 Å². The van der Waals surface area contributed by atoms with Crippen LogP contribution in [0.15, 0.2) is 24.3 Å². The van der Waals surface area contributed by atoms with E-state index < -0.39 is 5.97 Å². The standard InChI is InChI=1S/C23H38O3.ClH/c1-3-5-7-9-10-12-16-20(15-11-8-6-4-2)19-26-22-18-14-13-17-21(22)23(24)25;/h13-14,17-18,20H,3-12,15-16,19H2,1-2H3,(H,24,25);1H. The van der Waals surface area contributed by atoms with Crippen LogP contribution in [0.25, 0.3) is 0 Å². The Labute approximate surface area is 172 Å². The minimum absolute atomic E-state index is 0. The maximum absolute atomic E-state index is 11.3. The Morgan fingerprint density at radius 3 is 2.00 bits per heavy atom. The Hall–Kier alpha value is -1.22. The molecule has 27 heavy (non-hydrogen) atoms. The highest BCUT2D eigenvalue weighted by Crippen LogP contribution is 2.23. The number of carboxylic acid groups (broad SMARTS) is 1. The quantitative estimate of drug-likeness (QED) is 0.293. The van der Waals surface area contributed by atoms with Gasteiger partial charge in [0.05, 0.1) is 6.61 Å². The number of carbonyl (C=O) groups is 1. The van der Waals surface area contributed by atoms with Crippen LogP contribution in [-0.4, -0.2) is 17.7 Å². The zero-order chi connectivity index (χ0) is 19.0. The summed E-state index contributed by atoms with van der Waals surface area (Å²) in [7, 11) is 0. The van der Waals surface area contributed by atoms with E-state index in [2.05, 4.69) is 13.8 Å². The average Bonchev–Trinajstić information content (AvgIpc) is 2.65. The van der Waals surface area contributed by atoms with Crippen molar-refractivity contribution in [2.24, 2.45) is 5.92 Å². The molecule has 0 aliphatic carbocycles. The smallest absolute Gasteiger partial charge is 0.339 e. The number of rotatable bonds is 16. The van der Waals surface area contributed by atoms with Crippen LogP contribution in [0.3, 0.4) is 0 Å². The summed E-state index contributed by atoms with van der Waals surface area (Å²) in [5.74, 6) is 0.109. The number of hydrogen-bond donors (Lipinski definition) is 1. The molecule has 0 saturated carbocycles. The van der Waals surface area contributed by atoms with Crippen molar-refractivity contribution in [2.75, 3.05) is 6.61 Å². The predicted octanol–water partition coefficient (Wildman–Crippen LogP) is 7.52. The number of unbranched alkanes of at least 4 members (excludes halogenated alkanes) is 8. The minimum Gasteiger partial charge on any atom is -0.492 e. The van der Waals surface area contributed by atoms with Gasteiger partial charge in [-0.3, -0.25) is 0 Å². The van der Waals surface area contributed by atoms with Crippen LogP contribution in [0.2, 0.25) is 0 Å². The molecule has 1 N–H and O–H groups in total. The third-order valence-electron chi connectivity index (χ3n) is 5.02. The maximum atomic E-state index is 11.3. The van der Waals surface area contributed by atoms with Crippen molar-refractivity contribution in [3.8, 4) is 5.75 Å². The molecule has 0 bridgehead atoms. The Morgan fingerprint density at radius 1 is 0.889 bits per heavy atom. The van der Waals surface area contributed by atoms with Crippen molar-refractivity contribution < 1.29 is 14.6 Å². The zero-order valence-corrected chi connectivity index (χ0v) is 18.1. The summed E-state index contributed by atoms with van der Waals surface area (Å²) in [5, 5.41) is 9.30. The second-order valence-electron chi connectivity index (χ2n) is 7.38. The van der Waals surface area contributed by atoms with Gasteiger partial charge in [-0.2, -0.15) is 0 Å². The summed E-state index contributed by atoms with van der Waals surface area (Å²) in [6, 6.07) is 6.96. The van der Waals surface area contributed by atoms with Crippen molar-refractivity contribution in [3.63, 3.8) is 0 Å². The summed E-state index contributed by atoms with van der Waals surface area (Å²) in [6.07, 6.45) is 15.3. The monoisotopic (exact) mass is 398 g/mol. The lowest BCUT2D eigenvalue weighted by Crippen LogP contribution is -2.14. The molecule has 0 amide bonds. The van der Waals surface area contributed by atoms with Crippen LogP contribution in [0, 0.1) is 5.92 Å². The van der Waals surface area contributed by atoms with E-state index in [0.29, 0.717) is 18.3 Å². The summed E-state index contributed by atoms with van der Waals surface area (Å²) in [5.41, 5.74) is 0.261. The van der Waals surface area contributed by atoms with Gasteiger partial charge in [0.2, 0.25) is 0 Å². The SMILES string of the molecule is CCCCCCCCC(CCCCCC)COc1ccccc1C(=O)O.Cl. The van der Waals surface area contributed by atoms with Gasteiger partial charge in [-0.15, -0.1) is 12.4 Å². The van der Waals surface area contributed by atoms with Crippen molar-refractivity contribution in [2.45, 2.75) is 90.9 Å². The Balaban J connectivity index is 0.00000676. The third-order valence-corrected chi connectivity index (χ3v) is 5.02. The van der Waals surface area contributed by atoms with Crippen LogP contribution in [-0.2, 0) is 0 Å². The number of benzene rings is 1. The zero-order valence-electron chi connectivity index (χ0n) is 17.3. The second kappa shape index (κ2) is 16.9. The van der Waals surface area contributed by atoms with E-state index in [1.165, 1.54) is 77.0 Å². The van der Waals surface area contributed by atoms with Gasteiger partial charge in [-0.05, 0) is 30.9 Å². The summed E-state index contributed by atoms with van der Waals surface area (Å²) in [6.45, 7) is 5.11. The lowest BCUT2D eigenvalue weighted by Gasteiger charge is -2.18. The van der Waals surface area contributed by atoms with E-state index in [0.717, 1.165) is 0 Å². The van der Waals surface area contributed by atoms with E-state index in [1.54, 1.807) is 18.2 Å². The molecule has 1 rings (SSSR count). The first-order valence-electron chi connectivity index (χ1n) is 10.6. The van der Waals surface area contributed by atoms with Gasteiger partial charge in [0.1, 0.15) is 11.3 Å². The highest BCUT2D eigenvalue weighted by Gasteiger charge is 2.14. The molecule has 156 valence electrons. The van der Waals surface area contributed by atoms with Crippen LogP contribution in [0.1, 0.15) is 101 Å². The predicted molar refractivity (Wildman–Crippen MR) is 116 cm³/mol. The maximum Gasteiger partial charge on any atom is 0.339 e. The first-order chi connectivity index (χ1) is 12.7. The molecular formula is C23H39ClO3. The van der Waals surface area contributed by atoms with E-state index in [4.69, 9.17) is 4.74 Å². The number of carboxylic acids is 1. The molecule has 0 radical (unpaired) electrons. The van der Waals surface area contributed by atoms with Gasteiger partial charge >= 0.3 is 5.97 Å². The van der Waals surface area contributed by atoms with E-state index >= 15 is 0 Å². The van der Waals surface area contributed by atoms with E-state index in [-0.39, 0.29) is 18.0 Å². The average molecular weight is 399 g/mol. The van der Waals surface area contributed by atoms with Gasteiger partial charge in [0.15, 0.2) is 0 Å². The molecule has 0 spiro atoms. The van der Waals surface area contributed by atoms with Crippen molar-refractivity contribution in [1.29, 1.82) is 0 Å².